The van der Waals surface area contributed by atoms with Gasteiger partial charge in [-0.3, -0.25) is 0 Å². The molecule has 0 aliphatic rings. The van der Waals surface area contributed by atoms with Crippen LogP contribution in [0.25, 0.3) is 0 Å². The van der Waals surface area contributed by atoms with Gasteiger partial charge in [0.15, 0.2) is 0 Å². The molecule has 0 spiro atoms. The molecule has 0 bridgehead atoms. The SMILES string of the molecule is Cc1cscc1CC(C)C(C)O. The van der Waals surface area contributed by atoms with E-state index in [4.69, 9.17) is 0 Å². The maximum absolute atomic E-state index is 9.31. The molecular formula is C10H16OS. The second-order valence-corrected chi connectivity index (χ2v) is 4.25. The van der Waals surface area contributed by atoms with Crippen molar-refractivity contribution in [3.8, 4) is 0 Å². The summed E-state index contributed by atoms with van der Waals surface area (Å²) in [6, 6.07) is 0. The summed E-state index contributed by atoms with van der Waals surface area (Å²) < 4.78 is 0. The summed E-state index contributed by atoms with van der Waals surface area (Å²) in [7, 11) is 0. The average Bonchev–Trinajstić information content (AvgIpc) is 2.36. The third-order valence-electron chi connectivity index (χ3n) is 2.33. The van der Waals surface area contributed by atoms with Crippen LogP contribution in [0.2, 0.25) is 0 Å². The Morgan fingerprint density at radius 1 is 1.42 bits per heavy atom. The van der Waals surface area contributed by atoms with E-state index in [0.29, 0.717) is 5.92 Å². The van der Waals surface area contributed by atoms with Crippen LogP contribution in [0.5, 0.6) is 0 Å². The molecule has 2 heteroatoms. The number of rotatable bonds is 3. The van der Waals surface area contributed by atoms with Gasteiger partial charge in [0.05, 0.1) is 6.10 Å². The van der Waals surface area contributed by atoms with E-state index in [1.54, 1.807) is 11.3 Å². The van der Waals surface area contributed by atoms with Gasteiger partial charge in [-0.2, -0.15) is 11.3 Å². The Kier molecular flexibility index (Phi) is 3.29. The summed E-state index contributed by atoms with van der Waals surface area (Å²) in [6.07, 6.45) is 0.789. The van der Waals surface area contributed by atoms with Gasteiger partial charge in [0, 0.05) is 0 Å². The lowest BCUT2D eigenvalue weighted by atomic mass is 9.97. The van der Waals surface area contributed by atoms with E-state index < -0.39 is 0 Å². The lowest BCUT2D eigenvalue weighted by Crippen LogP contribution is -2.15. The van der Waals surface area contributed by atoms with Gasteiger partial charge in [0.1, 0.15) is 0 Å². The van der Waals surface area contributed by atoms with E-state index >= 15 is 0 Å². The average molecular weight is 184 g/mol. The monoisotopic (exact) mass is 184 g/mol. The van der Waals surface area contributed by atoms with Crippen LogP contribution in [0.15, 0.2) is 10.8 Å². The molecule has 1 heterocycles. The molecule has 0 radical (unpaired) electrons. The molecule has 0 amide bonds. The summed E-state index contributed by atoms with van der Waals surface area (Å²) >= 11 is 1.74. The maximum Gasteiger partial charge on any atom is 0.0540 e. The van der Waals surface area contributed by atoms with Crippen molar-refractivity contribution in [1.29, 1.82) is 0 Å². The van der Waals surface area contributed by atoms with Crippen molar-refractivity contribution in [2.45, 2.75) is 33.3 Å². The smallest absolute Gasteiger partial charge is 0.0540 e. The van der Waals surface area contributed by atoms with E-state index in [2.05, 4.69) is 24.6 Å². The fraction of sp³-hybridized carbons (Fsp3) is 0.600. The molecule has 0 fully saturated rings. The van der Waals surface area contributed by atoms with Gasteiger partial charge in [-0.15, -0.1) is 0 Å². The first-order chi connectivity index (χ1) is 5.61. The molecule has 1 nitrogen and oxygen atoms in total. The fourth-order valence-corrected chi connectivity index (χ4v) is 1.98. The number of thiophene rings is 1. The number of hydrogen-bond acceptors (Lipinski definition) is 2. The van der Waals surface area contributed by atoms with Crippen molar-refractivity contribution < 1.29 is 5.11 Å². The van der Waals surface area contributed by atoms with Crippen LogP contribution in [0, 0.1) is 12.8 Å². The first kappa shape index (κ1) is 9.75. The molecule has 0 aliphatic carbocycles. The zero-order chi connectivity index (χ0) is 9.14. The van der Waals surface area contributed by atoms with Gasteiger partial charge in [-0.1, -0.05) is 6.92 Å². The van der Waals surface area contributed by atoms with Crippen molar-refractivity contribution in [3.05, 3.63) is 21.9 Å². The molecular weight excluding hydrogens is 168 g/mol. The zero-order valence-electron chi connectivity index (χ0n) is 7.87. The van der Waals surface area contributed by atoms with Gasteiger partial charge >= 0.3 is 0 Å². The largest absolute Gasteiger partial charge is 0.393 e. The van der Waals surface area contributed by atoms with Crippen LogP contribution in [0.1, 0.15) is 25.0 Å². The highest BCUT2D eigenvalue weighted by Gasteiger charge is 2.10. The quantitative estimate of drug-likeness (QED) is 0.765. The van der Waals surface area contributed by atoms with Crippen LogP contribution in [-0.4, -0.2) is 11.2 Å². The topological polar surface area (TPSA) is 20.2 Å². The van der Waals surface area contributed by atoms with Gasteiger partial charge < -0.3 is 5.11 Å². The number of aryl methyl sites for hydroxylation is 1. The molecule has 0 aromatic carbocycles. The maximum atomic E-state index is 9.31. The van der Waals surface area contributed by atoms with Crippen molar-refractivity contribution in [1.82, 2.24) is 0 Å². The summed E-state index contributed by atoms with van der Waals surface area (Å²) in [5, 5.41) is 13.6. The molecule has 68 valence electrons. The highest BCUT2D eigenvalue weighted by molar-refractivity contribution is 7.08. The van der Waals surface area contributed by atoms with Gasteiger partial charge in [-0.05, 0) is 48.1 Å². The lowest BCUT2D eigenvalue weighted by molar-refractivity contribution is 0.135. The third-order valence-corrected chi connectivity index (χ3v) is 3.24. The highest BCUT2D eigenvalue weighted by Crippen LogP contribution is 2.19. The molecule has 1 rings (SSSR count). The Balaban J connectivity index is 2.58. The normalized spacial score (nSPS) is 16.0. The second-order valence-electron chi connectivity index (χ2n) is 3.50. The van der Waals surface area contributed by atoms with Crippen molar-refractivity contribution >= 4 is 11.3 Å². The number of aliphatic hydroxyl groups excluding tert-OH is 1. The molecule has 1 N–H and O–H groups in total. The first-order valence-electron chi connectivity index (χ1n) is 4.31. The third kappa shape index (κ3) is 2.32. The standard InChI is InChI=1S/C10H16OS/c1-7(9(3)11)4-10-6-12-5-8(10)2/h5-7,9,11H,4H2,1-3H3. The summed E-state index contributed by atoms with van der Waals surface area (Å²) in [5.74, 6) is 0.360. The molecule has 0 saturated heterocycles. The Bertz CT molecular complexity index is 240. The van der Waals surface area contributed by atoms with Crippen LogP contribution < -0.4 is 0 Å². The van der Waals surface area contributed by atoms with Crippen molar-refractivity contribution in [2.24, 2.45) is 5.92 Å². The van der Waals surface area contributed by atoms with Gasteiger partial charge in [0.2, 0.25) is 0 Å². The predicted molar refractivity (Wildman–Crippen MR) is 53.6 cm³/mol. The van der Waals surface area contributed by atoms with E-state index in [1.807, 2.05) is 6.92 Å². The number of hydrogen-bond donors (Lipinski definition) is 1. The Morgan fingerprint density at radius 3 is 2.50 bits per heavy atom. The lowest BCUT2D eigenvalue weighted by Gasteiger charge is -2.13. The van der Waals surface area contributed by atoms with E-state index in [9.17, 15) is 5.11 Å². The minimum atomic E-state index is -0.204. The summed E-state index contributed by atoms with van der Waals surface area (Å²) in [5.41, 5.74) is 2.74. The van der Waals surface area contributed by atoms with Crippen LogP contribution in [0.4, 0.5) is 0 Å². The minimum Gasteiger partial charge on any atom is -0.393 e. The minimum absolute atomic E-state index is 0.204. The second kappa shape index (κ2) is 4.06. The number of aliphatic hydroxyl groups is 1. The summed E-state index contributed by atoms with van der Waals surface area (Å²) in [4.78, 5) is 0. The van der Waals surface area contributed by atoms with E-state index in [-0.39, 0.29) is 6.10 Å². The summed E-state index contributed by atoms with van der Waals surface area (Å²) in [6.45, 7) is 6.06. The van der Waals surface area contributed by atoms with Crippen LogP contribution >= 0.6 is 11.3 Å². The molecule has 1 aromatic rings. The van der Waals surface area contributed by atoms with Gasteiger partial charge in [-0.25, -0.2) is 0 Å². The molecule has 0 saturated carbocycles. The Morgan fingerprint density at radius 2 is 2.08 bits per heavy atom. The molecule has 1 aromatic heterocycles. The molecule has 2 unspecified atom stereocenters. The van der Waals surface area contributed by atoms with Crippen molar-refractivity contribution in [2.75, 3.05) is 0 Å². The Hall–Kier alpha value is -0.340. The predicted octanol–water partition coefficient (Wildman–Crippen LogP) is 2.62. The molecule has 2 atom stereocenters. The van der Waals surface area contributed by atoms with Crippen LogP contribution in [-0.2, 0) is 6.42 Å². The fourth-order valence-electron chi connectivity index (χ4n) is 1.11. The zero-order valence-corrected chi connectivity index (χ0v) is 8.69. The van der Waals surface area contributed by atoms with Gasteiger partial charge in [0.25, 0.3) is 0 Å². The van der Waals surface area contributed by atoms with E-state index in [1.165, 1.54) is 11.1 Å². The van der Waals surface area contributed by atoms with Crippen molar-refractivity contribution in [3.63, 3.8) is 0 Å². The van der Waals surface area contributed by atoms with E-state index in [0.717, 1.165) is 6.42 Å². The Labute approximate surface area is 78.1 Å². The molecule has 0 aliphatic heterocycles. The van der Waals surface area contributed by atoms with Crippen LogP contribution in [0.3, 0.4) is 0 Å². The first-order valence-corrected chi connectivity index (χ1v) is 5.25. The molecule has 12 heavy (non-hydrogen) atoms. The highest BCUT2D eigenvalue weighted by atomic mass is 32.1.